The zero-order valence-corrected chi connectivity index (χ0v) is 71.5. The summed E-state index contributed by atoms with van der Waals surface area (Å²) < 4.78 is 35.8. The molecule has 0 aliphatic carbocycles. The van der Waals surface area contributed by atoms with Crippen LogP contribution in [-0.4, -0.2) is 336 Å². The monoisotopic (exact) mass is 1740 g/mol. The summed E-state index contributed by atoms with van der Waals surface area (Å²) in [6.07, 6.45) is 3.69. The van der Waals surface area contributed by atoms with Gasteiger partial charge >= 0.3 is 0 Å². The zero-order valence-electron chi connectivity index (χ0n) is 71.5. The van der Waals surface area contributed by atoms with Crippen molar-refractivity contribution in [2.24, 2.45) is 0 Å². The predicted octanol–water partition coefficient (Wildman–Crippen LogP) is -3.32. The van der Waals surface area contributed by atoms with E-state index in [2.05, 4.69) is 58.5 Å². The number of ether oxygens (including phenoxy) is 6. The van der Waals surface area contributed by atoms with E-state index in [1.165, 1.54) is 32.9 Å². The van der Waals surface area contributed by atoms with Crippen molar-refractivity contribution < 1.29 is 137 Å². The topological polar surface area (TPSA) is 595 Å². The number of carbonyl (C=O) groups is 13. The molecule has 0 aromatic carbocycles. The molecule has 15 atom stereocenters. The molecule has 4 aliphatic heterocycles. The average molecular weight is 1740 g/mol. The van der Waals surface area contributed by atoms with Gasteiger partial charge in [-0.25, -0.2) is 0 Å². The fraction of sp³-hybridized carbons (Fsp3) is 0.817. The van der Waals surface area contributed by atoms with E-state index in [0.717, 1.165) is 43.4 Å². The molecule has 698 valence electrons. The van der Waals surface area contributed by atoms with Crippen LogP contribution in [0.5, 0.6) is 0 Å². The van der Waals surface area contributed by atoms with Crippen molar-refractivity contribution in [2.45, 2.75) is 317 Å². The SMILES string of the molecule is CC(=O)N[C@@H]1[C@@H](O)[C@@H](O)[C@@H](CO)O[C@@H]1CCCCCC(=O)NCCCNC(=O)CCOCC(COCCC(=O)NCCCNC(=O)CCCCC[C@H]1O[C@H](CO)[C@H](O)[C@H](O)[C@H]1NC(C)=O)(COCCC(=O)NCCCNC(=O)CCCCC[C@H]1O[C@H](CO)[C@H](O)[C@H](O)[C@H]1NC(C)=O)NC(=O)CCCCCCCCCCC(=O)NCCN1C(=O)C=CC1=O. The Morgan fingerprint density at radius 3 is 0.844 bits per heavy atom. The normalized spacial score (nSPS) is 23.3. The summed E-state index contributed by atoms with van der Waals surface area (Å²) in [5, 5.41) is 122. The van der Waals surface area contributed by atoms with E-state index in [9.17, 15) is 108 Å². The minimum atomic E-state index is -1.43. The van der Waals surface area contributed by atoms with Crippen LogP contribution >= 0.6 is 0 Å². The second-order valence-corrected chi connectivity index (χ2v) is 31.8. The molecular weight excluding hydrogens is 1600 g/mol. The summed E-state index contributed by atoms with van der Waals surface area (Å²) in [4.78, 5) is 164. The van der Waals surface area contributed by atoms with Crippen LogP contribution < -0.4 is 58.5 Å². The van der Waals surface area contributed by atoms with Gasteiger partial charge in [-0.3, -0.25) is 67.2 Å². The number of aliphatic hydroxyl groups excluding tert-OH is 9. The van der Waals surface area contributed by atoms with Crippen LogP contribution in [0.1, 0.15) is 220 Å². The van der Waals surface area contributed by atoms with Crippen LogP contribution in [0.25, 0.3) is 0 Å². The molecule has 0 saturated carbocycles. The van der Waals surface area contributed by atoms with Crippen LogP contribution in [0.4, 0.5) is 0 Å². The molecular formula is C82H142N12O28. The van der Waals surface area contributed by atoms with Gasteiger partial charge in [0.1, 0.15) is 60.5 Å². The van der Waals surface area contributed by atoms with E-state index < -0.39 is 146 Å². The minimum Gasteiger partial charge on any atom is -0.394 e. The molecule has 4 aliphatic rings. The molecule has 122 heavy (non-hydrogen) atoms. The van der Waals surface area contributed by atoms with Crippen molar-refractivity contribution >= 4 is 76.8 Å². The first-order valence-corrected chi connectivity index (χ1v) is 43.7. The second-order valence-electron chi connectivity index (χ2n) is 31.8. The highest BCUT2D eigenvalue weighted by molar-refractivity contribution is 6.12. The van der Waals surface area contributed by atoms with Crippen molar-refractivity contribution in [3.8, 4) is 0 Å². The van der Waals surface area contributed by atoms with Gasteiger partial charge in [0.05, 0.1) is 95.9 Å². The van der Waals surface area contributed by atoms with Crippen LogP contribution in [-0.2, 0) is 90.8 Å². The smallest absolute Gasteiger partial charge is 0.253 e. The van der Waals surface area contributed by atoms with Gasteiger partial charge in [0.2, 0.25) is 65.0 Å². The molecule has 0 aromatic heterocycles. The van der Waals surface area contributed by atoms with Crippen LogP contribution in [0.2, 0.25) is 0 Å². The molecule has 3 fully saturated rings. The third-order valence-corrected chi connectivity index (χ3v) is 21.4. The number of carbonyl (C=O) groups excluding carboxylic acids is 13. The van der Waals surface area contributed by atoms with Gasteiger partial charge in [0.15, 0.2) is 0 Å². The lowest BCUT2D eigenvalue weighted by Crippen LogP contribution is -2.63. The van der Waals surface area contributed by atoms with Crippen molar-refractivity contribution in [2.75, 3.05) is 112 Å². The quantitative estimate of drug-likeness (QED) is 0.0209. The summed E-state index contributed by atoms with van der Waals surface area (Å²) in [7, 11) is 0. The average Bonchev–Trinajstić information content (AvgIpc) is 1.06. The highest BCUT2D eigenvalue weighted by Crippen LogP contribution is 2.29. The Labute approximate surface area is 714 Å². The van der Waals surface area contributed by atoms with E-state index in [1.807, 2.05) is 0 Å². The summed E-state index contributed by atoms with van der Waals surface area (Å²) in [6.45, 7) is 2.94. The number of amides is 13. The molecule has 20 N–H and O–H groups in total. The fourth-order valence-corrected chi connectivity index (χ4v) is 14.7. The number of nitrogens with one attached hydrogen (secondary N) is 11. The predicted molar refractivity (Wildman–Crippen MR) is 439 cm³/mol. The fourth-order valence-electron chi connectivity index (χ4n) is 14.7. The van der Waals surface area contributed by atoms with E-state index in [0.29, 0.717) is 116 Å². The third kappa shape index (κ3) is 43.4. The van der Waals surface area contributed by atoms with Gasteiger partial charge in [0, 0.05) is 137 Å². The summed E-state index contributed by atoms with van der Waals surface area (Å²) in [6, 6.07) is -2.63. The minimum absolute atomic E-state index is 0.0957. The van der Waals surface area contributed by atoms with Gasteiger partial charge in [-0.2, -0.15) is 0 Å². The van der Waals surface area contributed by atoms with Crippen molar-refractivity contribution in [3.63, 3.8) is 0 Å². The largest absolute Gasteiger partial charge is 0.394 e. The number of imide groups is 1. The first kappa shape index (κ1) is 107. The first-order chi connectivity index (χ1) is 58.5. The Morgan fingerprint density at radius 1 is 0.328 bits per heavy atom. The van der Waals surface area contributed by atoms with Gasteiger partial charge in [-0.1, -0.05) is 77.0 Å². The van der Waals surface area contributed by atoms with Gasteiger partial charge < -0.3 is 133 Å². The molecule has 3 saturated heterocycles. The van der Waals surface area contributed by atoms with E-state index in [1.54, 1.807) is 0 Å². The van der Waals surface area contributed by atoms with Crippen molar-refractivity contribution in [1.29, 1.82) is 0 Å². The van der Waals surface area contributed by atoms with E-state index >= 15 is 0 Å². The number of nitrogens with zero attached hydrogens (tertiary/aromatic N) is 1. The summed E-state index contributed by atoms with van der Waals surface area (Å²) in [5.41, 5.74) is -1.43. The number of hydrogen-bond acceptors (Lipinski definition) is 28. The van der Waals surface area contributed by atoms with Crippen LogP contribution in [0.15, 0.2) is 12.2 Å². The Hall–Kier alpha value is -7.55. The number of rotatable bonds is 66. The molecule has 0 spiro atoms. The maximum absolute atomic E-state index is 14.0. The van der Waals surface area contributed by atoms with Gasteiger partial charge in [-0.15, -0.1) is 0 Å². The summed E-state index contributed by atoms with van der Waals surface area (Å²) in [5.74, 6) is -4.29. The first-order valence-electron chi connectivity index (χ1n) is 43.7. The van der Waals surface area contributed by atoms with Crippen LogP contribution in [0.3, 0.4) is 0 Å². The molecule has 4 rings (SSSR count). The lowest BCUT2D eigenvalue weighted by Gasteiger charge is -2.42. The Morgan fingerprint density at radius 2 is 0.574 bits per heavy atom. The summed E-state index contributed by atoms with van der Waals surface area (Å²) >= 11 is 0. The maximum Gasteiger partial charge on any atom is 0.253 e. The van der Waals surface area contributed by atoms with Gasteiger partial charge in [0.25, 0.3) is 11.8 Å². The highest BCUT2D eigenvalue weighted by Gasteiger charge is 2.47. The Bertz CT molecular complexity index is 2920. The molecule has 40 heteroatoms. The second kappa shape index (κ2) is 61.7. The number of unbranched alkanes of at least 4 members (excludes halogenated alkanes) is 13. The molecule has 40 nitrogen and oxygen atoms in total. The molecule has 0 aromatic rings. The zero-order chi connectivity index (χ0) is 89.6. The molecule has 0 unspecified atom stereocenters. The molecule has 13 amide bonds. The Kier molecular flexibility index (Phi) is 54.0. The molecule has 0 bridgehead atoms. The van der Waals surface area contributed by atoms with E-state index in [4.69, 9.17) is 28.4 Å². The third-order valence-electron chi connectivity index (χ3n) is 21.4. The Balaban J connectivity index is 1.29. The van der Waals surface area contributed by atoms with Crippen molar-refractivity contribution in [3.05, 3.63) is 12.2 Å². The van der Waals surface area contributed by atoms with Crippen LogP contribution in [0, 0.1) is 0 Å². The van der Waals surface area contributed by atoms with E-state index in [-0.39, 0.29) is 184 Å². The lowest BCUT2D eigenvalue weighted by molar-refractivity contribution is -0.196. The maximum atomic E-state index is 14.0. The number of hydrogen-bond donors (Lipinski definition) is 20. The van der Waals surface area contributed by atoms with Gasteiger partial charge in [-0.05, 0) is 70.6 Å². The number of aliphatic hydroxyl groups is 9. The highest BCUT2D eigenvalue weighted by atomic mass is 16.5. The lowest BCUT2D eigenvalue weighted by atomic mass is 9.90. The molecule has 0 radical (unpaired) electrons. The standard InChI is InChI=1S/C82H142N12O28/c1-54(98)90-73-57(120-60(48-95)76(111)79(73)114)24-13-10-18-28-63(101)83-37-21-40-86-67(105)34-45-117-51-82(93-70(108)31-17-9-7-5-4-6-8-16-27-66(104)89-43-44-94-71(109)32-33-72(94)110,52-118-46-35-68(106)87-41-22-38-84-64(102)29-19-11-14-25-58-74(91-55(2)99)80(115)77(112)61(49-96)121-58)53-119-47-36-69(107)88-42-23-39-85-65(103)30-20-12-15-26-59-75(92-56(3)100)81(116)78(113)62(50-97)122-59/h32-33,57-62,73-81,95-97,111-116H,4-31,34-53H2,1-3H3,(H,83,101)(H,84,102)(H,85,103)(H,86,105)(H,87,106)(H,88,107)(H,89,104)(H,90,98)(H,91,99)(H,92,100)(H,93,108)/t57-,58-,59-,60-,61-,62-,73+,74+,75+,76+,77+,78+,79-,80-,81-/m1/s1. The molecule has 4 heterocycles. The van der Waals surface area contributed by atoms with Crippen molar-refractivity contribution in [1.82, 2.24) is 63.4 Å².